The molecule has 0 spiro atoms. The summed E-state index contributed by atoms with van der Waals surface area (Å²) >= 11 is 0.230. The summed E-state index contributed by atoms with van der Waals surface area (Å²) in [5.41, 5.74) is 0.222. The first kappa shape index (κ1) is 25.7. The molecule has 0 N–H and O–H groups in total. The third-order valence-electron chi connectivity index (χ3n) is 2.16. The van der Waals surface area contributed by atoms with Gasteiger partial charge in [-0.2, -0.15) is 0 Å². The van der Waals surface area contributed by atoms with Gasteiger partial charge in [-0.15, -0.1) is 0 Å². The Morgan fingerprint density at radius 1 is 0.762 bits per heavy atom. The first-order valence-corrected chi connectivity index (χ1v) is 12.9. The molecular formula is C16H32O4Sn. The Morgan fingerprint density at radius 2 is 0.952 bits per heavy atom. The number of hydrogen-bond donors (Lipinski definition) is 0. The molecule has 5 heteroatoms. The fourth-order valence-electron chi connectivity index (χ4n) is 0.954. The second kappa shape index (κ2) is 13.4. The molecule has 0 bridgehead atoms. The molecule has 0 rings (SSSR count). The molecular weight excluding hydrogens is 375 g/mol. The summed E-state index contributed by atoms with van der Waals surface area (Å²) < 4.78 is 0. The van der Waals surface area contributed by atoms with E-state index in [4.69, 9.17) is 0 Å². The molecule has 0 saturated heterocycles. The van der Waals surface area contributed by atoms with Crippen LogP contribution in [0.3, 0.4) is 0 Å². The predicted molar refractivity (Wildman–Crippen MR) is 84.9 cm³/mol. The molecule has 4 nitrogen and oxygen atoms in total. The molecule has 0 aromatic carbocycles. The van der Waals surface area contributed by atoms with E-state index in [9.17, 15) is 19.8 Å². The number of carbonyl (C=O) groups is 2. The van der Waals surface area contributed by atoms with Crippen LogP contribution in [0.4, 0.5) is 0 Å². The van der Waals surface area contributed by atoms with E-state index in [0.717, 1.165) is 0 Å². The van der Waals surface area contributed by atoms with Crippen molar-refractivity contribution in [2.75, 3.05) is 0 Å². The summed E-state index contributed by atoms with van der Waals surface area (Å²) in [5.74, 6) is -1.91. The minimum atomic E-state index is -0.954. The van der Waals surface area contributed by atoms with Gasteiger partial charge in [0, 0.05) is 11.9 Å². The maximum absolute atomic E-state index is 9.93. The zero-order chi connectivity index (χ0) is 17.7. The normalized spacial score (nSPS) is 10.3. The second-order valence-electron chi connectivity index (χ2n) is 7.37. The van der Waals surface area contributed by atoms with Crippen molar-refractivity contribution in [2.24, 2.45) is 10.8 Å². The molecule has 0 aliphatic heterocycles. The van der Waals surface area contributed by atoms with E-state index in [2.05, 4.69) is 9.88 Å². The topological polar surface area (TPSA) is 80.3 Å². The van der Waals surface area contributed by atoms with Gasteiger partial charge in [0.25, 0.3) is 0 Å². The van der Waals surface area contributed by atoms with E-state index in [1.807, 2.05) is 41.5 Å². The Balaban J connectivity index is -0.000000260. The summed E-state index contributed by atoms with van der Waals surface area (Å²) in [4.78, 5) is 24.5. The zero-order valence-electron chi connectivity index (χ0n) is 15.0. The van der Waals surface area contributed by atoms with E-state index in [-0.39, 0.29) is 44.8 Å². The minimum absolute atomic E-state index is 0.111. The summed E-state index contributed by atoms with van der Waals surface area (Å²) in [5, 5.41) is 19.9. The number of rotatable bonds is 4. The van der Waals surface area contributed by atoms with Crippen molar-refractivity contribution in [1.82, 2.24) is 0 Å². The van der Waals surface area contributed by atoms with Crippen molar-refractivity contribution < 1.29 is 19.8 Å². The molecule has 0 atom stereocenters. The molecule has 0 fully saturated rings. The number of carbonyl (C=O) groups excluding carboxylic acids is 2. The first-order valence-electron chi connectivity index (χ1n) is 7.23. The van der Waals surface area contributed by atoms with E-state index in [1.165, 1.54) is 0 Å². The molecule has 0 aliphatic rings. The molecule has 0 unspecified atom stereocenters. The summed E-state index contributed by atoms with van der Waals surface area (Å²) in [6.07, 6.45) is 1.72. The third kappa shape index (κ3) is 45.1. The van der Waals surface area contributed by atoms with E-state index in [0.29, 0.717) is 12.8 Å². The molecule has 0 aromatic rings. The van der Waals surface area contributed by atoms with Gasteiger partial charge in [0.05, 0.1) is 0 Å². The summed E-state index contributed by atoms with van der Waals surface area (Å²) in [6, 6.07) is 0. The molecule has 0 aliphatic carbocycles. The van der Waals surface area contributed by atoms with Crippen molar-refractivity contribution in [3.63, 3.8) is 0 Å². The van der Waals surface area contributed by atoms with Gasteiger partial charge in [0.2, 0.25) is 0 Å². The van der Waals surface area contributed by atoms with Crippen LogP contribution in [0.1, 0.15) is 67.2 Å². The number of carboxylic acids is 2. The monoisotopic (exact) mass is 408 g/mol. The van der Waals surface area contributed by atoms with Crippen LogP contribution >= 0.6 is 0 Å². The van der Waals surface area contributed by atoms with Gasteiger partial charge >= 0.3 is 31.0 Å². The van der Waals surface area contributed by atoms with Gasteiger partial charge in [0.15, 0.2) is 0 Å². The Kier molecular flexibility index (Phi) is 16.4. The Bertz CT molecular complexity index is 247. The van der Waals surface area contributed by atoms with E-state index in [1.54, 1.807) is 0 Å². The SMILES string of the molecule is CC(C)(C)CCC(=O)[O-].CC(C)(C)CCC(=O)[O-].[CH3][Sn+2][CH3]. The van der Waals surface area contributed by atoms with Crippen LogP contribution < -0.4 is 10.2 Å². The maximum atomic E-state index is 9.93. The van der Waals surface area contributed by atoms with E-state index >= 15 is 0 Å². The van der Waals surface area contributed by atoms with Crippen LogP contribution in [0.2, 0.25) is 9.88 Å². The van der Waals surface area contributed by atoms with Gasteiger partial charge in [-0.25, -0.2) is 0 Å². The van der Waals surface area contributed by atoms with Crippen LogP contribution in [0.5, 0.6) is 0 Å². The van der Waals surface area contributed by atoms with Crippen molar-refractivity contribution in [3.8, 4) is 0 Å². The van der Waals surface area contributed by atoms with Crippen molar-refractivity contribution in [1.29, 1.82) is 0 Å². The fraction of sp³-hybridized carbons (Fsp3) is 0.875. The second-order valence-corrected chi connectivity index (χ2v) is 10.2. The van der Waals surface area contributed by atoms with Gasteiger partial charge in [-0.3, -0.25) is 0 Å². The molecule has 0 aromatic heterocycles. The van der Waals surface area contributed by atoms with Crippen LogP contribution in [0, 0.1) is 10.8 Å². The van der Waals surface area contributed by atoms with Crippen molar-refractivity contribution in [3.05, 3.63) is 0 Å². The van der Waals surface area contributed by atoms with Gasteiger partial charge in [-0.05, 0) is 36.5 Å². The van der Waals surface area contributed by atoms with Crippen LogP contribution in [0.15, 0.2) is 0 Å². The molecule has 124 valence electrons. The Hall–Kier alpha value is -0.261. The summed E-state index contributed by atoms with van der Waals surface area (Å²) in [7, 11) is 0. The van der Waals surface area contributed by atoms with E-state index < -0.39 is 11.9 Å². The van der Waals surface area contributed by atoms with Crippen molar-refractivity contribution in [2.45, 2.75) is 77.1 Å². The molecule has 0 amide bonds. The standard InChI is InChI=1S/2C7H14O2.2CH3.Sn/c2*1-7(2,3)5-4-6(8)9;;;/h2*4-5H2,1-3H3,(H,8,9);2*1H3;/q;;;;+2/p-2. The number of carboxylic acid groups (broad SMARTS) is 2. The molecule has 0 radical (unpaired) electrons. The van der Waals surface area contributed by atoms with Gasteiger partial charge in [0.1, 0.15) is 0 Å². The van der Waals surface area contributed by atoms with Crippen LogP contribution in [-0.4, -0.2) is 33.1 Å². The van der Waals surface area contributed by atoms with Gasteiger partial charge in [-0.1, -0.05) is 41.5 Å². The van der Waals surface area contributed by atoms with Crippen molar-refractivity contribution >= 4 is 33.1 Å². The van der Waals surface area contributed by atoms with Gasteiger partial charge < -0.3 is 19.8 Å². The number of hydrogen-bond acceptors (Lipinski definition) is 4. The quantitative estimate of drug-likeness (QED) is 0.667. The first-order chi connectivity index (χ1) is 9.25. The van der Waals surface area contributed by atoms with Crippen LogP contribution in [0.25, 0.3) is 0 Å². The third-order valence-corrected chi connectivity index (χ3v) is 2.16. The number of aliphatic carboxylic acids is 2. The predicted octanol–water partition coefficient (Wildman–Crippen LogP) is 1.91. The average Bonchev–Trinajstić information content (AvgIpc) is 2.24. The molecule has 0 heterocycles. The molecule has 0 saturated carbocycles. The average molecular weight is 407 g/mol. The zero-order valence-corrected chi connectivity index (χ0v) is 17.8. The molecule has 21 heavy (non-hydrogen) atoms. The fourth-order valence-corrected chi connectivity index (χ4v) is 0.954. The van der Waals surface area contributed by atoms with Crippen LogP contribution in [-0.2, 0) is 9.59 Å². The Morgan fingerprint density at radius 3 is 1.00 bits per heavy atom. The Labute approximate surface area is 140 Å². The summed E-state index contributed by atoms with van der Waals surface area (Å²) in [6.45, 7) is 12.1.